The molecular formula is C40H35I2NOS2. The van der Waals surface area contributed by atoms with Crippen molar-refractivity contribution in [3.63, 3.8) is 0 Å². The van der Waals surface area contributed by atoms with E-state index in [2.05, 4.69) is 200 Å². The molecule has 232 valence electrons. The molecule has 1 aromatic heterocycles. The highest BCUT2D eigenvalue weighted by molar-refractivity contribution is 14.2. The lowest BCUT2D eigenvalue weighted by Gasteiger charge is -2.63. The first kappa shape index (κ1) is 29.2. The van der Waals surface area contributed by atoms with E-state index in [9.17, 15) is 0 Å². The van der Waals surface area contributed by atoms with Gasteiger partial charge in [-0.05, 0) is 126 Å². The van der Waals surface area contributed by atoms with Crippen LogP contribution >= 0.6 is 55.1 Å². The van der Waals surface area contributed by atoms with Gasteiger partial charge in [0, 0.05) is 25.5 Å². The van der Waals surface area contributed by atoms with Gasteiger partial charge in [-0.15, -0.1) is 0 Å². The molecule has 2 aliphatic heterocycles. The topological polar surface area (TPSA) is 16.4 Å². The number of hydrogen-bond donors (Lipinski definition) is 2. The second-order valence-corrected chi connectivity index (χ2v) is 41.1. The summed E-state index contributed by atoms with van der Waals surface area (Å²) in [7, 11) is 0. The molecule has 0 amide bonds. The van der Waals surface area contributed by atoms with E-state index in [1.165, 1.54) is 69.7 Å². The average Bonchev–Trinajstić information content (AvgIpc) is 3.42. The third-order valence-corrected chi connectivity index (χ3v) is 23.2. The second-order valence-electron chi connectivity index (χ2n) is 14.0. The van der Waals surface area contributed by atoms with Crippen molar-refractivity contribution in [2.24, 2.45) is 0 Å². The lowest BCUT2D eigenvalue weighted by molar-refractivity contribution is 0.659. The third-order valence-electron chi connectivity index (χ3n) is 10.2. The number of thiol groups is 2. The summed E-state index contributed by atoms with van der Waals surface area (Å²) in [5.74, 6) is 0. The van der Waals surface area contributed by atoms with Gasteiger partial charge in [0.05, 0.1) is 22.0 Å². The summed E-state index contributed by atoms with van der Waals surface area (Å²) in [4.78, 5) is 8.31. The van der Waals surface area contributed by atoms with Crippen LogP contribution in [0.1, 0.15) is 0 Å². The summed E-state index contributed by atoms with van der Waals surface area (Å²) in [6, 6.07) is 47.1. The van der Waals surface area contributed by atoms with Gasteiger partial charge in [-0.2, -0.15) is 6.33 Å². The molecule has 0 saturated heterocycles. The van der Waals surface area contributed by atoms with Crippen molar-refractivity contribution in [3.05, 3.63) is 127 Å². The largest absolute Gasteiger partial charge is 0.455 e. The Labute approximate surface area is 294 Å². The smallest absolute Gasteiger partial charge is 0.149 e. The maximum atomic E-state index is 6.93. The number of rotatable bonds is 2. The Kier molecular flexibility index (Phi) is 5.95. The summed E-state index contributed by atoms with van der Waals surface area (Å²) in [6.07, 6.45) is 4.60. The number of anilines is 3. The van der Waals surface area contributed by atoms with E-state index in [-0.39, 0.29) is 0 Å². The van der Waals surface area contributed by atoms with E-state index in [4.69, 9.17) is 4.42 Å². The second kappa shape index (κ2) is 9.36. The zero-order valence-electron chi connectivity index (χ0n) is 26.1. The number of halogens is 2. The van der Waals surface area contributed by atoms with E-state index in [1.54, 1.807) is 0 Å². The van der Waals surface area contributed by atoms with Gasteiger partial charge in [0.15, 0.2) is 0 Å². The Morgan fingerprint density at radius 3 is 1.61 bits per heavy atom. The fourth-order valence-corrected chi connectivity index (χ4v) is 18.8. The van der Waals surface area contributed by atoms with Gasteiger partial charge in [-0.1, -0.05) is 91.0 Å². The maximum absolute atomic E-state index is 6.93. The molecule has 0 radical (unpaired) electrons. The first-order valence-corrected chi connectivity index (χ1v) is 27.4. The van der Waals surface area contributed by atoms with Gasteiger partial charge >= 0.3 is 0 Å². The molecule has 46 heavy (non-hydrogen) atoms. The standard InChI is InChI=1S/C40H35I2NOS2/c1-45(2,41)35-23-28(26-13-7-5-8-14-26)19-21-32(35)43-33-22-20-29(27-15-9-6-10-16-27)24-36(33)46(3,4,42)40-38(43)37(45)25-31-30-17-11-12-18-34(30)44-39(31)40/h5-25,45-46H,1-4H3. The quantitative estimate of drug-likeness (QED) is 0.133. The molecule has 6 aromatic carbocycles. The molecule has 2 nitrogen and oxygen atoms in total. The number of nitrogens with zero attached hydrogens (tertiary/aromatic N) is 1. The Bertz CT molecular complexity index is 2400. The van der Waals surface area contributed by atoms with Crippen LogP contribution in [0.3, 0.4) is 0 Å². The van der Waals surface area contributed by atoms with Gasteiger partial charge in [0.25, 0.3) is 0 Å². The van der Waals surface area contributed by atoms with E-state index in [1.807, 2.05) is 0 Å². The van der Waals surface area contributed by atoms with Crippen molar-refractivity contribution in [3.8, 4) is 22.3 Å². The molecule has 3 heterocycles. The third kappa shape index (κ3) is 3.90. The van der Waals surface area contributed by atoms with Crippen molar-refractivity contribution >= 4 is 94.1 Å². The zero-order valence-corrected chi connectivity index (χ0v) is 32.2. The SMILES string of the molecule is C[SH]1(C)(I)c2cc(-c3ccccc3)ccc2N2c3ccc(-c4ccccc4)cc3[SH](C)(C)(I)c3c2c1cc1c3oc2ccccc21. The first-order valence-electron chi connectivity index (χ1n) is 15.6. The summed E-state index contributed by atoms with van der Waals surface area (Å²) in [6.45, 7) is 0. The lowest BCUT2D eigenvalue weighted by Crippen LogP contribution is -2.31. The average molecular weight is 864 g/mol. The lowest BCUT2D eigenvalue weighted by atomic mass is 10.0. The molecule has 0 unspecified atom stereocenters. The Hall–Kier alpha value is -2.92. The Balaban J connectivity index is 1.45. The van der Waals surface area contributed by atoms with Gasteiger partial charge < -0.3 is 9.32 Å². The predicted octanol–water partition coefficient (Wildman–Crippen LogP) is 13.2. The fraction of sp³-hybridized carbons (Fsp3) is 0.100. The molecule has 7 aromatic rings. The fourth-order valence-electron chi connectivity index (χ4n) is 7.82. The minimum Gasteiger partial charge on any atom is -0.455 e. The molecular weight excluding hydrogens is 828 g/mol. The molecule has 0 N–H and O–H groups in total. The van der Waals surface area contributed by atoms with Crippen LogP contribution in [0.2, 0.25) is 0 Å². The van der Waals surface area contributed by atoms with Crippen LogP contribution in [0.4, 0.5) is 17.1 Å². The van der Waals surface area contributed by atoms with Gasteiger partial charge in [0.1, 0.15) is 11.2 Å². The van der Waals surface area contributed by atoms with Crippen LogP contribution in [-0.2, 0) is 0 Å². The van der Waals surface area contributed by atoms with E-state index >= 15 is 0 Å². The van der Waals surface area contributed by atoms with Crippen molar-refractivity contribution in [1.82, 2.24) is 0 Å². The Morgan fingerprint density at radius 2 is 1.02 bits per heavy atom. The molecule has 0 fully saturated rings. The molecule has 0 bridgehead atoms. The highest BCUT2D eigenvalue weighted by atomic mass is 127. The normalized spacial score (nSPS) is 19.6. The van der Waals surface area contributed by atoms with Crippen LogP contribution in [-0.4, -0.2) is 25.0 Å². The zero-order chi connectivity index (χ0) is 31.7. The molecule has 9 rings (SSSR count). The molecule has 2 aliphatic rings. The maximum Gasteiger partial charge on any atom is 0.149 e. The number of furan rings is 1. The summed E-state index contributed by atoms with van der Waals surface area (Å²) >= 11 is 5.75. The first-order chi connectivity index (χ1) is 21.9. The number of benzene rings is 6. The molecule has 0 atom stereocenters. The Morgan fingerprint density at radius 1 is 0.500 bits per heavy atom. The monoisotopic (exact) mass is 863 g/mol. The van der Waals surface area contributed by atoms with E-state index in [0.717, 1.165) is 11.2 Å². The van der Waals surface area contributed by atoms with Crippen molar-refractivity contribution < 1.29 is 4.42 Å². The molecule has 6 heteroatoms. The van der Waals surface area contributed by atoms with Crippen LogP contribution in [0.25, 0.3) is 44.2 Å². The number of hydrogen-bond acceptors (Lipinski definition) is 2. The number of para-hydroxylation sites is 1. The van der Waals surface area contributed by atoms with Gasteiger partial charge in [-0.25, -0.2) is 6.33 Å². The van der Waals surface area contributed by atoms with Crippen molar-refractivity contribution in [2.75, 3.05) is 29.9 Å². The number of fused-ring (bicyclic) bond motifs is 8. The van der Waals surface area contributed by atoms with Crippen LogP contribution in [0.5, 0.6) is 0 Å². The van der Waals surface area contributed by atoms with Crippen molar-refractivity contribution in [2.45, 2.75) is 19.6 Å². The summed E-state index contributed by atoms with van der Waals surface area (Å²) in [5.41, 5.74) is 10.9. The predicted molar refractivity (Wildman–Crippen MR) is 222 cm³/mol. The molecule has 0 saturated carbocycles. The van der Waals surface area contributed by atoms with Crippen molar-refractivity contribution in [1.29, 1.82) is 0 Å². The minimum absolute atomic E-state index is 0.958. The highest BCUT2D eigenvalue weighted by Gasteiger charge is 2.53. The molecule has 0 spiro atoms. The highest BCUT2D eigenvalue weighted by Crippen LogP contribution is 2.94. The van der Waals surface area contributed by atoms with E-state index in [0.29, 0.717) is 0 Å². The minimum atomic E-state index is -2.82. The van der Waals surface area contributed by atoms with Crippen LogP contribution < -0.4 is 4.90 Å². The van der Waals surface area contributed by atoms with Gasteiger partial charge in [-0.3, -0.25) is 0 Å². The molecule has 0 aliphatic carbocycles. The van der Waals surface area contributed by atoms with Gasteiger partial charge in [0.2, 0.25) is 0 Å². The van der Waals surface area contributed by atoms with E-state index < -0.39 is 12.7 Å². The van der Waals surface area contributed by atoms with Crippen LogP contribution in [0, 0.1) is 0 Å². The van der Waals surface area contributed by atoms with Crippen LogP contribution in [0.15, 0.2) is 151 Å². The summed E-state index contributed by atoms with van der Waals surface area (Å²) < 4.78 is 6.93. The summed E-state index contributed by atoms with van der Waals surface area (Å²) in [5, 5.41) is 2.43.